The van der Waals surface area contributed by atoms with E-state index in [0.717, 1.165) is 57.8 Å². The second kappa shape index (κ2) is 80.3. The molecule has 0 aliphatic carbocycles. The smallest absolute Gasteiger partial charge is 0.305 e. The minimum atomic E-state index is -0.665. The zero-order valence-electron chi connectivity index (χ0n) is 61.6. The molecule has 0 aliphatic rings. The van der Waals surface area contributed by atoms with Gasteiger partial charge >= 0.3 is 5.97 Å². The van der Waals surface area contributed by atoms with Gasteiger partial charge in [0.1, 0.15) is 0 Å². The van der Waals surface area contributed by atoms with Crippen molar-refractivity contribution in [1.29, 1.82) is 0 Å². The van der Waals surface area contributed by atoms with E-state index in [1.165, 1.54) is 366 Å². The van der Waals surface area contributed by atoms with Crippen molar-refractivity contribution in [3.63, 3.8) is 0 Å². The molecular weight excluding hydrogens is 1110 g/mol. The number of unbranched alkanes of at least 4 members (excludes halogenated alkanes) is 59. The van der Waals surface area contributed by atoms with E-state index in [0.29, 0.717) is 25.9 Å². The van der Waals surface area contributed by atoms with Crippen LogP contribution in [0.15, 0.2) is 48.6 Å². The Morgan fingerprint density at radius 1 is 0.308 bits per heavy atom. The average Bonchev–Trinajstić information content (AvgIpc) is 3.64. The fourth-order valence-electron chi connectivity index (χ4n) is 13.1. The summed E-state index contributed by atoms with van der Waals surface area (Å²) >= 11 is 0. The van der Waals surface area contributed by atoms with Crippen LogP contribution in [0.5, 0.6) is 0 Å². The summed E-state index contributed by atoms with van der Waals surface area (Å²) in [4.78, 5) is 24.7. The molecule has 0 aromatic rings. The van der Waals surface area contributed by atoms with E-state index >= 15 is 0 Å². The fourth-order valence-corrected chi connectivity index (χ4v) is 13.1. The molecule has 0 heterocycles. The van der Waals surface area contributed by atoms with Crippen molar-refractivity contribution in [2.75, 3.05) is 13.2 Å². The van der Waals surface area contributed by atoms with Gasteiger partial charge in [-0.05, 0) is 89.9 Å². The third-order valence-corrected chi connectivity index (χ3v) is 19.4. The summed E-state index contributed by atoms with van der Waals surface area (Å²) in [6.45, 7) is 4.98. The summed E-state index contributed by atoms with van der Waals surface area (Å²) < 4.78 is 5.50. The molecule has 0 saturated heterocycles. The molecule has 0 bridgehead atoms. The van der Waals surface area contributed by atoms with Gasteiger partial charge in [-0.15, -0.1) is 0 Å². The molecule has 0 saturated carbocycles. The topological polar surface area (TPSA) is 95.9 Å². The zero-order chi connectivity index (χ0) is 65.6. The minimum Gasteiger partial charge on any atom is -0.466 e. The van der Waals surface area contributed by atoms with Crippen molar-refractivity contribution in [3.05, 3.63) is 48.6 Å². The molecule has 2 atom stereocenters. The highest BCUT2D eigenvalue weighted by Crippen LogP contribution is 2.20. The van der Waals surface area contributed by atoms with E-state index in [-0.39, 0.29) is 18.5 Å². The van der Waals surface area contributed by atoms with Crippen LogP contribution in [0.3, 0.4) is 0 Å². The van der Waals surface area contributed by atoms with Gasteiger partial charge in [0, 0.05) is 12.8 Å². The maximum Gasteiger partial charge on any atom is 0.305 e. The van der Waals surface area contributed by atoms with Crippen molar-refractivity contribution < 1.29 is 24.5 Å². The van der Waals surface area contributed by atoms with Crippen LogP contribution in [-0.4, -0.2) is 47.4 Å². The van der Waals surface area contributed by atoms with E-state index in [1.807, 2.05) is 0 Å². The molecule has 1 amide bonds. The number of rotatable bonds is 78. The van der Waals surface area contributed by atoms with Gasteiger partial charge in [0.25, 0.3) is 0 Å². The van der Waals surface area contributed by atoms with Crippen LogP contribution < -0.4 is 5.32 Å². The number of nitrogens with one attached hydrogen (secondary N) is 1. The van der Waals surface area contributed by atoms with Crippen LogP contribution in [-0.2, 0) is 14.3 Å². The first-order chi connectivity index (χ1) is 45.0. The number of allylic oxidation sites excluding steroid dienone is 8. The molecule has 0 aromatic heterocycles. The van der Waals surface area contributed by atoms with E-state index in [9.17, 15) is 19.8 Å². The lowest BCUT2D eigenvalue weighted by Crippen LogP contribution is -2.45. The summed E-state index contributed by atoms with van der Waals surface area (Å²) in [7, 11) is 0. The Morgan fingerprint density at radius 2 is 0.549 bits per heavy atom. The highest BCUT2D eigenvalue weighted by atomic mass is 16.5. The predicted octanol–water partition coefficient (Wildman–Crippen LogP) is 27.5. The second-order valence-electron chi connectivity index (χ2n) is 28.5. The largest absolute Gasteiger partial charge is 0.466 e. The van der Waals surface area contributed by atoms with E-state index < -0.39 is 12.1 Å². The first kappa shape index (κ1) is 88.8. The first-order valence-electron chi connectivity index (χ1n) is 41.4. The number of aliphatic hydroxyl groups excluding tert-OH is 2. The van der Waals surface area contributed by atoms with Gasteiger partial charge in [-0.3, -0.25) is 9.59 Å². The summed E-state index contributed by atoms with van der Waals surface area (Å²) in [6.07, 6.45) is 106. The molecule has 0 aliphatic heterocycles. The first-order valence-corrected chi connectivity index (χ1v) is 41.4. The summed E-state index contributed by atoms with van der Waals surface area (Å²) in [5.74, 6) is -0.0205. The van der Waals surface area contributed by atoms with Gasteiger partial charge in [-0.1, -0.05) is 403 Å². The van der Waals surface area contributed by atoms with Crippen molar-refractivity contribution >= 4 is 11.9 Å². The Labute approximate surface area is 569 Å². The number of hydrogen-bond acceptors (Lipinski definition) is 5. The van der Waals surface area contributed by atoms with E-state index in [1.54, 1.807) is 0 Å². The Morgan fingerprint density at radius 3 is 0.846 bits per heavy atom. The summed E-state index contributed by atoms with van der Waals surface area (Å²) in [5.41, 5.74) is 0. The fraction of sp³-hybridized carbons (Fsp3) is 0.882. The molecule has 0 aromatic carbocycles. The average molecular weight is 1280 g/mol. The van der Waals surface area contributed by atoms with Gasteiger partial charge in [0.15, 0.2) is 0 Å². The van der Waals surface area contributed by atoms with Crippen LogP contribution in [0.1, 0.15) is 457 Å². The number of hydrogen-bond donors (Lipinski definition) is 3. The van der Waals surface area contributed by atoms with Crippen LogP contribution in [0, 0.1) is 0 Å². The summed E-state index contributed by atoms with van der Waals surface area (Å²) in [6, 6.07) is -0.542. The quantitative estimate of drug-likeness (QED) is 0.0320. The lowest BCUT2D eigenvalue weighted by molar-refractivity contribution is -0.143. The molecule has 6 nitrogen and oxygen atoms in total. The Hall–Kier alpha value is -2.18. The Bertz CT molecular complexity index is 1520. The highest BCUT2D eigenvalue weighted by molar-refractivity contribution is 5.76. The van der Waals surface area contributed by atoms with Crippen molar-refractivity contribution in [3.8, 4) is 0 Å². The van der Waals surface area contributed by atoms with E-state index in [2.05, 4.69) is 67.8 Å². The van der Waals surface area contributed by atoms with Crippen LogP contribution in [0.25, 0.3) is 0 Å². The molecule has 6 heteroatoms. The predicted molar refractivity (Wildman–Crippen MR) is 402 cm³/mol. The molecule has 2 unspecified atom stereocenters. The van der Waals surface area contributed by atoms with Gasteiger partial charge < -0.3 is 20.3 Å². The summed E-state index contributed by atoms with van der Waals surface area (Å²) in [5, 5.41) is 23.5. The maximum atomic E-state index is 12.6. The van der Waals surface area contributed by atoms with Crippen molar-refractivity contribution in [2.45, 2.75) is 469 Å². The van der Waals surface area contributed by atoms with Crippen LogP contribution >= 0.6 is 0 Å². The SMILES string of the molecule is CCCCCC/C=C\C/C=C\CCCCCCCCCC(=O)OCCCCCCCCCCC/C=C\C/C=C\CCCCCCCCCCCCCCCCCCCC(=O)NC(CO)C(O)CCCCCCCCCCCCCCCCCCCCCCCCC. The number of esters is 1. The second-order valence-corrected chi connectivity index (χ2v) is 28.5. The minimum absolute atomic E-state index is 0.00749. The van der Waals surface area contributed by atoms with Crippen LogP contribution in [0.4, 0.5) is 0 Å². The monoisotopic (exact) mass is 1280 g/mol. The third-order valence-electron chi connectivity index (χ3n) is 19.4. The lowest BCUT2D eigenvalue weighted by atomic mass is 10.0. The van der Waals surface area contributed by atoms with E-state index in [4.69, 9.17) is 4.74 Å². The molecule has 3 N–H and O–H groups in total. The Kier molecular flexibility index (Phi) is 78.3. The highest BCUT2D eigenvalue weighted by Gasteiger charge is 2.20. The molecule has 0 fully saturated rings. The number of aliphatic hydroxyl groups is 2. The number of carbonyl (C=O) groups excluding carboxylic acids is 2. The molecule has 0 spiro atoms. The Balaban J connectivity index is 3.38. The van der Waals surface area contributed by atoms with Crippen molar-refractivity contribution in [2.24, 2.45) is 0 Å². The maximum absolute atomic E-state index is 12.6. The van der Waals surface area contributed by atoms with Crippen molar-refractivity contribution in [1.82, 2.24) is 5.32 Å². The van der Waals surface area contributed by atoms with Gasteiger partial charge in [0.2, 0.25) is 5.91 Å². The lowest BCUT2D eigenvalue weighted by Gasteiger charge is -2.22. The molecule has 0 rings (SSSR count). The standard InChI is InChI=1S/C85H161NO5/c1-3-5-7-9-11-13-15-17-19-21-23-24-36-39-42-45-49-53-57-61-65-69-73-77-83(88)82(81-87)86-84(89)78-74-70-66-62-58-54-50-46-43-40-37-34-32-30-28-26-25-27-29-31-33-35-38-41-44-48-52-56-60-64-68-72-76-80-91-85(90)79-75-71-67-63-59-55-51-47-22-20-18-16-14-12-10-8-6-4-2/h14,16,20,22,29,31,35,38,82-83,87-88H,3-13,15,17-19,21,23-28,30,32-34,36-37,39-81H2,1-2H3,(H,86,89)/b16-14-,22-20-,31-29-,38-35-. The molecule has 0 radical (unpaired) electrons. The molecular formula is C85H161NO5. The van der Waals surface area contributed by atoms with Gasteiger partial charge in [0.05, 0.1) is 25.4 Å². The van der Waals surface area contributed by atoms with Gasteiger partial charge in [-0.25, -0.2) is 0 Å². The van der Waals surface area contributed by atoms with Crippen LogP contribution in [0.2, 0.25) is 0 Å². The van der Waals surface area contributed by atoms with Gasteiger partial charge in [-0.2, -0.15) is 0 Å². The molecule has 91 heavy (non-hydrogen) atoms. The number of ether oxygens (including phenoxy) is 1. The molecule has 536 valence electrons. The zero-order valence-corrected chi connectivity index (χ0v) is 61.6. The number of carbonyl (C=O) groups is 2. The third kappa shape index (κ3) is 76.7. The number of amides is 1. The normalized spacial score (nSPS) is 12.7.